The number of nitrogens with one attached hydrogen (secondary N) is 1. The summed E-state index contributed by atoms with van der Waals surface area (Å²) >= 11 is 1.91. The van der Waals surface area contributed by atoms with E-state index in [0.29, 0.717) is 0 Å². The summed E-state index contributed by atoms with van der Waals surface area (Å²) in [5.41, 5.74) is 2.36. The summed E-state index contributed by atoms with van der Waals surface area (Å²) in [5.74, 6) is 2.18. The maximum Gasteiger partial charge on any atom is 0.325 e. The first-order valence-corrected chi connectivity index (χ1v) is 5.29. The summed E-state index contributed by atoms with van der Waals surface area (Å²) in [6.07, 6.45) is 2.20. The maximum absolute atomic E-state index is 11.2. The van der Waals surface area contributed by atoms with E-state index in [-0.39, 0.29) is 5.69 Å². The minimum atomic E-state index is 0.0301. The van der Waals surface area contributed by atoms with Crippen LogP contribution in [0.4, 0.5) is 0 Å². The van der Waals surface area contributed by atoms with Gasteiger partial charge in [-0.15, -0.1) is 0 Å². The Bertz CT molecular complexity index is 339. The van der Waals surface area contributed by atoms with Gasteiger partial charge in [0.25, 0.3) is 0 Å². The molecule has 1 aromatic heterocycles. The van der Waals surface area contributed by atoms with E-state index in [2.05, 4.69) is 4.98 Å². The summed E-state index contributed by atoms with van der Waals surface area (Å²) in [4.78, 5) is 14.1. The third kappa shape index (κ3) is 1.20. The van der Waals surface area contributed by atoms with Crippen LogP contribution in [0.2, 0.25) is 0 Å². The molecule has 0 unspecified atom stereocenters. The zero-order chi connectivity index (χ0) is 8.55. The molecule has 2 rings (SSSR count). The Hall–Kier alpha value is -0.640. The van der Waals surface area contributed by atoms with Crippen molar-refractivity contribution in [1.29, 1.82) is 0 Å². The molecule has 0 saturated heterocycles. The first kappa shape index (κ1) is 7.98. The molecule has 0 radical (unpaired) electrons. The smallest absolute Gasteiger partial charge is 0.310 e. The third-order valence-electron chi connectivity index (χ3n) is 2.27. The second-order valence-electron chi connectivity index (χ2n) is 3.07. The van der Waals surface area contributed by atoms with Gasteiger partial charge >= 0.3 is 5.69 Å². The molecule has 2 heterocycles. The van der Waals surface area contributed by atoms with Crippen molar-refractivity contribution in [2.45, 2.75) is 18.6 Å². The molecule has 1 aliphatic rings. The second-order valence-corrected chi connectivity index (χ2v) is 4.18. The van der Waals surface area contributed by atoms with Crippen molar-refractivity contribution in [2.75, 3.05) is 5.75 Å². The van der Waals surface area contributed by atoms with Crippen LogP contribution < -0.4 is 5.69 Å². The van der Waals surface area contributed by atoms with E-state index in [0.717, 1.165) is 17.9 Å². The maximum atomic E-state index is 11.2. The lowest BCUT2D eigenvalue weighted by atomic mass is 10.2. The standard InChI is InChI=1S/C8H12N2OS/c1-10-7-5-12-4-2-3-6(7)9-8(10)11/h2-5H2,1H3,(H,9,11). The monoisotopic (exact) mass is 184 g/mol. The first-order valence-electron chi connectivity index (χ1n) is 4.13. The van der Waals surface area contributed by atoms with E-state index in [9.17, 15) is 4.79 Å². The Morgan fingerprint density at radius 3 is 3.25 bits per heavy atom. The van der Waals surface area contributed by atoms with Crippen LogP contribution >= 0.6 is 11.8 Å². The molecule has 1 N–H and O–H groups in total. The lowest BCUT2D eigenvalue weighted by Gasteiger charge is -1.98. The van der Waals surface area contributed by atoms with Gasteiger partial charge in [0.1, 0.15) is 0 Å². The SMILES string of the molecule is Cn1c2c([nH]c1=O)CCCSC2. The van der Waals surface area contributed by atoms with Crippen LogP contribution in [-0.2, 0) is 19.2 Å². The average molecular weight is 184 g/mol. The Morgan fingerprint density at radius 1 is 1.58 bits per heavy atom. The number of thioether (sulfide) groups is 1. The topological polar surface area (TPSA) is 37.8 Å². The largest absolute Gasteiger partial charge is 0.325 e. The fourth-order valence-corrected chi connectivity index (χ4v) is 2.57. The lowest BCUT2D eigenvalue weighted by molar-refractivity contribution is 0.823. The average Bonchev–Trinajstić information content (AvgIpc) is 2.30. The summed E-state index contributed by atoms with van der Waals surface area (Å²) in [5, 5.41) is 0. The van der Waals surface area contributed by atoms with Gasteiger partial charge in [-0.2, -0.15) is 11.8 Å². The molecule has 1 aliphatic heterocycles. The predicted molar refractivity (Wildman–Crippen MR) is 50.5 cm³/mol. The summed E-state index contributed by atoms with van der Waals surface area (Å²) in [7, 11) is 1.84. The molecule has 0 atom stereocenters. The number of hydrogen-bond donors (Lipinski definition) is 1. The fourth-order valence-electron chi connectivity index (χ4n) is 1.52. The molecule has 0 amide bonds. The van der Waals surface area contributed by atoms with Crippen LogP contribution in [0, 0.1) is 0 Å². The van der Waals surface area contributed by atoms with Crippen LogP contribution in [-0.4, -0.2) is 15.3 Å². The van der Waals surface area contributed by atoms with Gasteiger partial charge in [0, 0.05) is 18.5 Å². The number of hydrogen-bond acceptors (Lipinski definition) is 2. The van der Waals surface area contributed by atoms with E-state index in [4.69, 9.17) is 0 Å². The van der Waals surface area contributed by atoms with Gasteiger partial charge in [0.05, 0.1) is 5.69 Å². The molecular formula is C8H12N2OS. The fraction of sp³-hybridized carbons (Fsp3) is 0.625. The van der Waals surface area contributed by atoms with Crippen molar-refractivity contribution < 1.29 is 0 Å². The highest BCUT2D eigenvalue weighted by Crippen LogP contribution is 2.20. The van der Waals surface area contributed by atoms with Gasteiger partial charge in [0.2, 0.25) is 0 Å². The van der Waals surface area contributed by atoms with Crippen molar-refractivity contribution in [3.05, 3.63) is 21.9 Å². The minimum absolute atomic E-state index is 0.0301. The Kier molecular flexibility index (Phi) is 2.00. The van der Waals surface area contributed by atoms with Crippen LogP contribution in [0.5, 0.6) is 0 Å². The number of aromatic amines is 1. The Balaban J connectivity index is 2.49. The molecule has 0 bridgehead atoms. The third-order valence-corrected chi connectivity index (χ3v) is 3.32. The van der Waals surface area contributed by atoms with E-state index in [1.54, 1.807) is 4.57 Å². The van der Waals surface area contributed by atoms with Gasteiger partial charge in [0.15, 0.2) is 0 Å². The van der Waals surface area contributed by atoms with E-state index < -0.39 is 0 Å². The molecule has 0 aromatic carbocycles. The first-order chi connectivity index (χ1) is 5.79. The van der Waals surface area contributed by atoms with Crippen LogP contribution in [0.15, 0.2) is 4.79 Å². The van der Waals surface area contributed by atoms with E-state index in [1.807, 2.05) is 18.8 Å². The van der Waals surface area contributed by atoms with Crippen molar-refractivity contribution in [3.63, 3.8) is 0 Å². The van der Waals surface area contributed by atoms with Gasteiger partial charge < -0.3 is 4.98 Å². The van der Waals surface area contributed by atoms with Crippen LogP contribution in [0.1, 0.15) is 17.8 Å². The number of H-pyrrole nitrogens is 1. The van der Waals surface area contributed by atoms with Crippen molar-refractivity contribution in [3.8, 4) is 0 Å². The second kappa shape index (κ2) is 3.01. The molecule has 1 aromatic rings. The molecular weight excluding hydrogens is 172 g/mol. The summed E-state index contributed by atoms with van der Waals surface area (Å²) in [6.45, 7) is 0. The number of aromatic nitrogens is 2. The highest BCUT2D eigenvalue weighted by molar-refractivity contribution is 7.98. The quantitative estimate of drug-likeness (QED) is 0.650. The number of rotatable bonds is 0. The molecule has 0 spiro atoms. The zero-order valence-electron chi connectivity index (χ0n) is 7.09. The molecule has 66 valence electrons. The molecule has 3 nitrogen and oxygen atoms in total. The van der Waals surface area contributed by atoms with Gasteiger partial charge in [-0.05, 0) is 18.6 Å². The van der Waals surface area contributed by atoms with E-state index >= 15 is 0 Å². The van der Waals surface area contributed by atoms with Crippen molar-refractivity contribution in [1.82, 2.24) is 9.55 Å². The van der Waals surface area contributed by atoms with Crippen LogP contribution in [0.25, 0.3) is 0 Å². The van der Waals surface area contributed by atoms with Crippen molar-refractivity contribution in [2.24, 2.45) is 7.05 Å². The highest BCUT2D eigenvalue weighted by Gasteiger charge is 2.13. The van der Waals surface area contributed by atoms with Gasteiger partial charge in [-0.3, -0.25) is 4.57 Å². The molecule has 0 aliphatic carbocycles. The zero-order valence-corrected chi connectivity index (χ0v) is 7.91. The van der Waals surface area contributed by atoms with Crippen LogP contribution in [0.3, 0.4) is 0 Å². The number of imidazole rings is 1. The molecule has 0 fully saturated rings. The van der Waals surface area contributed by atoms with E-state index in [1.165, 1.54) is 17.9 Å². The highest BCUT2D eigenvalue weighted by atomic mass is 32.2. The Labute approximate surface area is 75.2 Å². The minimum Gasteiger partial charge on any atom is -0.310 e. The summed E-state index contributed by atoms with van der Waals surface area (Å²) in [6, 6.07) is 0. The molecule has 4 heteroatoms. The number of aryl methyl sites for hydroxylation is 1. The Morgan fingerprint density at radius 2 is 2.42 bits per heavy atom. The van der Waals surface area contributed by atoms with Crippen molar-refractivity contribution >= 4 is 11.8 Å². The predicted octanol–water partition coefficient (Wildman–Crippen LogP) is 0.893. The summed E-state index contributed by atoms with van der Waals surface area (Å²) < 4.78 is 1.73. The number of fused-ring (bicyclic) bond motifs is 1. The van der Waals surface area contributed by atoms with Gasteiger partial charge in [-0.25, -0.2) is 4.79 Å². The lowest BCUT2D eigenvalue weighted by Crippen LogP contribution is -2.14. The molecule has 0 saturated carbocycles. The number of nitrogens with zero attached hydrogens (tertiary/aromatic N) is 1. The molecule has 12 heavy (non-hydrogen) atoms. The normalized spacial score (nSPS) is 17.1. The van der Waals surface area contributed by atoms with Gasteiger partial charge in [-0.1, -0.05) is 0 Å².